The maximum atomic E-state index is 6.25. The lowest BCUT2D eigenvalue weighted by Gasteiger charge is -2.36. The Balaban J connectivity index is 1.92. The van der Waals surface area contributed by atoms with Gasteiger partial charge in [-0.3, -0.25) is 0 Å². The first-order valence-corrected chi connectivity index (χ1v) is 13.2. The van der Waals surface area contributed by atoms with Crippen molar-refractivity contribution in [2.24, 2.45) is 0 Å². The lowest BCUT2D eigenvalue weighted by molar-refractivity contribution is 0.280. The number of hydrogen-bond acceptors (Lipinski definition) is 1. The summed E-state index contributed by atoms with van der Waals surface area (Å²) in [5.74, 6) is 6.76. The second-order valence-electron chi connectivity index (χ2n) is 8.70. The molecule has 0 heterocycles. The van der Waals surface area contributed by atoms with E-state index in [-0.39, 0.29) is 5.04 Å². The minimum absolute atomic E-state index is 0.277. The van der Waals surface area contributed by atoms with E-state index in [9.17, 15) is 0 Å². The molecular formula is C26H34OSi. The van der Waals surface area contributed by atoms with Crippen molar-refractivity contribution in [1.82, 2.24) is 0 Å². The third kappa shape index (κ3) is 7.15. The van der Waals surface area contributed by atoms with Crippen molar-refractivity contribution in [1.29, 1.82) is 0 Å². The quantitative estimate of drug-likeness (QED) is 0.207. The molecule has 0 aliphatic rings. The van der Waals surface area contributed by atoms with Gasteiger partial charge in [0.1, 0.15) is 0 Å². The highest BCUT2D eigenvalue weighted by Gasteiger charge is 2.36. The predicted octanol–water partition coefficient (Wildman–Crippen LogP) is 7.42. The van der Waals surface area contributed by atoms with E-state index in [0.29, 0.717) is 0 Å². The Hall–Kier alpha value is -2.08. The Morgan fingerprint density at radius 3 is 2.14 bits per heavy atom. The van der Waals surface area contributed by atoms with Crippen LogP contribution in [0.5, 0.6) is 0 Å². The van der Waals surface area contributed by atoms with Gasteiger partial charge in [0, 0.05) is 18.6 Å². The first-order chi connectivity index (χ1) is 13.3. The fourth-order valence-electron chi connectivity index (χ4n) is 2.54. The molecule has 0 saturated heterocycles. The summed E-state index contributed by atoms with van der Waals surface area (Å²) in [6.07, 6.45) is 5.22. The number of hydrogen-bond donors (Lipinski definition) is 0. The van der Waals surface area contributed by atoms with Crippen LogP contribution in [0.2, 0.25) is 18.1 Å². The highest BCUT2D eigenvalue weighted by atomic mass is 28.4. The topological polar surface area (TPSA) is 9.23 Å². The molecule has 0 aromatic heterocycles. The third-order valence-corrected chi connectivity index (χ3v) is 9.92. The predicted molar refractivity (Wildman–Crippen MR) is 126 cm³/mol. The van der Waals surface area contributed by atoms with Gasteiger partial charge in [0.2, 0.25) is 0 Å². The molecule has 2 aromatic carbocycles. The summed E-state index contributed by atoms with van der Waals surface area (Å²) in [6, 6.07) is 20.8. The molecule has 0 bridgehead atoms. The van der Waals surface area contributed by atoms with Crippen molar-refractivity contribution in [3.05, 3.63) is 71.8 Å². The fraction of sp³-hybridized carbons (Fsp3) is 0.385. The van der Waals surface area contributed by atoms with E-state index in [4.69, 9.17) is 4.43 Å². The Kier molecular flexibility index (Phi) is 8.29. The van der Waals surface area contributed by atoms with E-state index in [1.54, 1.807) is 0 Å². The van der Waals surface area contributed by atoms with Gasteiger partial charge in [-0.25, -0.2) is 0 Å². The van der Waals surface area contributed by atoms with E-state index >= 15 is 0 Å². The number of allylic oxidation sites excluding steroid dienone is 1. The zero-order valence-corrected chi connectivity index (χ0v) is 19.1. The van der Waals surface area contributed by atoms with Crippen molar-refractivity contribution in [2.45, 2.75) is 58.2 Å². The molecule has 1 nitrogen and oxygen atoms in total. The zero-order valence-electron chi connectivity index (χ0n) is 18.1. The molecule has 148 valence electrons. The smallest absolute Gasteiger partial charge is 0.191 e. The summed E-state index contributed by atoms with van der Waals surface area (Å²) in [5, 5.41) is 0.277. The molecule has 0 amide bonds. The lowest BCUT2D eigenvalue weighted by atomic mass is 10.0. The summed E-state index contributed by atoms with van der Waals surface area (Å²) in [6.45, 7) is 12.3. The van der Waals surface area contributed by atoms with Crippen LogP contribution in [0.25, 0.3) is 11.6 Å². The van der Waals surface area contributed by atoms with E-state index in [1.807, 2.05) is 12.1 Å². The summed E-state index contributed by atoms with van der Waals surface area (Å²) in [4.78, 5) is 0. The Labute approximate surface area is 173 Å². The van der Waals surface area contributed by atoms with Crippen LogP contribution in [0.15, 0.2) is 60.7 Å². The van der Waals surface area contributed by atoms with E-state index in [0.717, 1.165) is 31.4 Å². The van der Waals surface area contributed by atoms with Gasteiger partial charge in [-0.1, -0.05) is 93.3 Å². The summed E-state index contributed by atoms with van der Waals surface area (Å²) in [7, 11) is -1.62. The van der Waals surface area contributed by atoms with Gasteiger partial charge >= 0.3 is 0 Å². The van der Waals surface area contributed by atoms with Gasteiger partial charge in [0.25, 0.3) is 0 Å². The number of unbranched alkanes of at least 4 members (excludes halogenated alkanes) is 2. The third-order valence-electron chi connectivity index (χ3n) is 5.38. The van der Waals surface area contributed by atoms with Gasteiger partial charge in [-0.05, 0) is 48.2 Å². The molecule has 0 aliphatic carbocycles. The lowest BCUT2D eigenvalue weighted by Crippen LogP contribution is -2.40. The first-order valence-electron chi connectivity index (χ1n) is 10.2. The zero-order chi connectivity index (χ0) is 20.5. The van der Waals surface area contributed by atoms with Crippen LogP contribution in [0.1, 0.15) is 51.2 Å². The fourth-order valence-corrected chi connectivity index (χ4v) is 3.63. The number of benzene rings is 2. The van der Waals surface area contributed by atoms with Crippen LogP contribution in [-0.4, -0.2) is 14.9 Å². The Morgan fingerprint density at radius 1 is 0.929 bits per heavy atom. The van der Waals surface area contributed by atoms with E-state index < -0.39 is 8.32 Å². The minimum Gasteiger partial charge on any atom is -0.417 e. The van der Waals surface area contributed by atoms with Crippen LogP contribution in [-0.2, 0) is 4.43 Å². The SMILES string of the molecule is CC(C)(C)[Si](C)(C)OCCCCC#C/C(=C/c1ccccc1)c1ccccc1. The van der Waals surface area contributed by atoms with Gasteiger partial charge in [0.05, 0.1) is 0 Å². The van der Waals surface area contributed by atoms with Crippen molar-refractivity contribution in [2.75, 3.05) is 6.61 Å². The maximum Gasteiger partial charge on any atom is 0.191 e. The molecule has 0 aliphatic heterocycles. The molecule has 0 unspecified atom stereocenters. The minimum atomic E-state index is -1.62. The van der Waals surface area contributed by atoms with Crippen molar-refractivity contribution >= 4 is 20.0 Å². The largest absolute Gasteiger partial charge is 0.417 e. The number of rotatable bonds is 7. The van der Waals surface area contributed by atoms with E-state index in [1.165, 1.54) is 11.1 Å². The second-order valence-corrected chi connectivity index (χ2v) is 13.5. The first kappa shape index (κ1) is 22.2. The van der Waals surface area contributed by atoms with Gasteiger partial charge < -0.3 is 4.43 Å². The van der Waals surface area contributed by atoms with Gasteiger partial charge in [0.15, 0.2) is 8.32 Å². The molecule has 0 spiro atoms. The molecule has 2 heteroatoms. The average molecular weight is 391 g/mol. The molecule has 0 saturated carbocycles. The monoisotopic (exact) mass is 390 g/mol. The molecule has 2 aromatic rings. The van der Waals surface area contributed by atoms with Crippen LogP contribution >= 0.6 is 0 Å². The van der Waals surface area contributed by atoms with Crippen LogP contribution in [0.4, 0.5) is 0 Å². The molecule has 0 N–H and O–H groups in total. The van der Waals surface area contributed by atoms with Crippen LogP contribution in [0, 0.1) is 11.8 Å². The molecule has 0 radical (unpaired) electrons. The van der Waals surface area contributed by atoms with Gasteiger partial charge in [-0.2, -0.15) is 0 Å². The summed E-state index contributed by atoms with van der Waals surface area (Å²) in [5.41, 5.74) is 3.42. The van der Waals surface area contributed by atoms with Crippen molar-refractivity contribution < 1.29 is 4.43 Å². The summed E-state index contributed by atoms with van der Waals surface area (Å²) < 4.78 is 6.25. The standard InChI is InChI=1S/C26H34OSi/c1-26(2,3)28(4,5)27-21-15-7-6-12-20-25(24-18-13-9-14-19-24)22-23-16-10-8-11-17-23/h8-11,13-14,16-19,22H,6-7,15,21H2,1-5H3/b25-22-. The van der Waals surface area contributed by atoms with E-state index in [2.05, 4.69) is 100 Å². The highest BCUT2D eigenvalue weighted by Crippen LogP contribution is 2.36. The Morgan fingerprint density at radius 2 is 1.54 bits per heavy atom. The maximum absolute atomic E-state index is 6.25. The summed E-state index contributed by atoms with van der Waals surface area (Å²) >= 11 is 0. The average Bonchev–Trinajstić information content (AvgIpc) is 2.67. The van der Waals surface area contributed by atoms with Crippen molar-refractivity contribution in [3.8, 4) is 11.8 Å². The molecule has 2 rings (SSSR count). The highest BCUT2D eigenvalue weighted by molar-refractivity contribution is 6.74. The molecular weight excluding hydrogens is 356 g/mol. The second kappa shape index (κ2) is 10.5. The Bertz CT molecular complexity index is 802. The van der Waals surface area contributed by atoms with Crippen LogP contribution < -0.4 is 0 Å². The normalized spacial score (nSPS) is 12.4. The van der Waals surface area contributed by atoms with Crippen LogP contribution in [0.3, 0.4) is 0 Å². The van der Waals surface area contributed by atoms with Gasteiger partial charge in [-0.15, -0.1) is 0 Å². The molecule has 0 atom stereocenters. The molecule has 28 heavy (non-hydrogen) atoms. The molecule has 0 fully saturated rings. The van der Waals surface area contributed by atoms with Crippen molar-refractivity contribution in [3.63, 3.8) is 0 Å².